The van der Waals surface area contributed by atoms with E-state index >= 15 is 0 Å². The molecule has 0 aliphatic carbocycles. The molecule has 0 aromatic rings. The van der Waals surface area contributed by atoms with E-state index in [0.29, 0.717) is 0 Å². The van der Waals surface area contributed by atoms with Crippen LogP contribution < -0.4 is 0 Å². The first-order valence-electron chi connectivity index (χ1n) is 1.76. The van der Waals surface area contributed by atoms with Crippen LogP contribution >= 0.6 is 9.53 Å². The summed E-state index contributed by atoms with van der Waals surface area (Å²) >= 11 is 2.22. The van der Waals surface area contributed by atoms with Crippen LogP contribution in [0.25, 0.3) is 0 Å². The third-order valence-corrected chi connectivity index (χ3v) is 0.485. The van der Waals surface area contributed by atoms with Gasteiger partial charge in [-0.05, 0) is 6.58 Å². The van der Waals surface area contributed by atoms with Crippen molar-refractivity contribution in [3.05, 3.63) is 12.3 Å². The minimum absolute atomic E-state index is 0.236. The van der Waals surface area contributed by atoms with Gasteiger partial charge in [0.15, 0.2) is 5.76 Å². The van der Waals surface area contributed by atoms with E-state index in [4.69, 9.17) is 5.11 Å². The zero-order valence-electron chi connectivity index (χ0n) is 4.67. The van der Waals surface area contributed by atoms with E-state index in [2.05, 4.69) is 39.0 Å². The normalized spacial score (nSPS) is 6.67. The van der Waals surface area contributed by atoms with Gasteiger partial charge in [-0.15, -0.1) is 0 Å². The average Bonchev–Trinajstić information content (AvgIpc) is 1.91. The van der Waals surface area contributed by atoms with Gasteiger partial charge in [0.25, 0.3) is 0 Å². The van der Waals surface area contributed by atoms with E-state index in [1.165, 1.54) is 7.11 Å². The van der Waals surface area contributed by atoms with Crippen LogP contribution in [0.15, 0.2) is 12.3 Å². The van der Waals surface area contributed by atoms with Crippen LogP contribution in [-0.4, -0.2) is 18.2 Å². The summed E-state index contributed by atoms with van der Waals surface area (Å²) in [5, 5.41) is 7.96. The maximum absolute atomic E-state index is 9.71. The molecule has 0 atom stereocenters. The third kappa shape index (κ3) is 7.96. The molecule has 0 spiro atoms. The molecule has 5 heteroatoms. The number of hydrogen-bond donors (Lipinski definition) is 1. The first kappa shape index (κ1) is 11.7. The van der Waals surface area contributed by atoms with Crippen molar-refractivity contribution in [2.24, 2.45) is 0 Å². The summed E-state index contributed by atoms with van der Waals surface area (Å²) in [6.07, 6.45) is 0. The first-order chi connectivity index (χ1) is 4.18. The second-order valence-corrected chi connectivity index (χ2v) is 0.932. The first-order valence-corrected chi connectivity index (χ1v) is 3.76. The molecule has 0 aliphatic rings. The monoisotopic (exact) mass is 243 g/mol. The SMILES string of the molecule is C=C(OC)C(=O)O.[Cl][Pd]. The molecule has 0 bridgehead atoms. The number of methoxy groups -OCH3 is 1. The van der Waals surface area contributed by atoms with E-state index in [0.717, 1.165) is 0 Å². The fraction of sp³-hybridized carbons (Fsp3) is 0.250. The number of ether oxygens (including phenoxy) is 1. The molecular formula is C4H6ClO3Pd. The maximum atomic E-state index is 9.71. The van der Waals surface area contributed by atoms with Crippen molar-refractivity contribution in [3.8, 4) is 0 Å². The topological polar surface area (TPSA) is 46.5 Å². The van der Waals surface area contributed by atoms with Crippen molar-refractivity contribution in [3.63, 3.8) is 0 Å². The second-order valence-electron chi connectivity index (χ2n) is 0.932. The van der Waals surface area contributed by atoms with Gasteiger partial charge in [0.2, 0.25) is 0 Å². The number of carboxylic acids is 1. The number of carboxylic acid groups (broad SMARTS) is 1. The van der Waals surface area contributed by atoms with Crippen molar-refractivity contribution in [1.29, 1.82) is 0 Å². The van der Waals surface area contributed by atoms with Crippen LogP contribution in [0.1, 0.15) is 0 Å². The molecule has 1 N–H and O–H groups in total. The van der Waals surface area contributed by atoms with Crippen LogP contribution in [0.2, 0.25) is 0 Å². The Balaban J connectivity index is 0. The molecule has 9 heavy (non-hydrogen) atoms. The summed E-state index contributed by atoms with van der Waals surface area (Å²) < 4.78 is 4.22. The Bertz CT molecular complexity index is 104. The van der Waals surface area contributed by atoms with E-state index in [-0.39, 0.29) is 5.76 Å². The van der Waals surface area contributed by atoms with E-state index in [9.17, 15) is 4.79 Å². The molecular weight excluding hydrogens is 238 g/mol. The standard InChI is InChI=1S/C4H6O3.ClH.Pd/c1-3(7-2)4(5)6;;/h1H2,2H3,(H,5,6);1H;/q;;+1/p-1. The molecule has 0 heterocycles. The van der Waals surface area contributed by atoms with Gasteiger partial charge in [0.1, 0.15) is 0 Å². The van der Waals surface area contributed by atoms with Crippen LogP contribution in [0.5, 0.6) is 0 Å². The van der Waals surface area contributed by atoms with Crippen molar-refractivity contribution >= 4 is 15.5 Å². The van der Waals surface area contributed by atoms with Gasteiger partial charge in [-0.25, -0.2) is 4.79 Å². The van der Waals surface area contributed by atoms with E-state index in [1.54, 1.807) is 0 Å². The molecule has 0 saturated carbocycles. The summed E-state index contributed by atoms with van der Waals surface area (Å²) in [4.78, 5) is 9.71. The van der Waals surface area contributed by atoms with Crippen molar-refractivity contribution in [1.82, 2.24) is 0 Å². The summed E-state index contributed by atoms with van der Waals surface area (Å²) in [6.45, 7) is 3.05. The van der Waals surface area contributed by atoms with E-state index in [1.807, 2.05) is 0 Å². The fourth-order valence-corrected chi connectivity index (χ4v) is 0.0873. The molecule has 0 radical (unpaired) electrons. The predicted molar refractivity (Wildman–Crippen MR) is 29.6 cm³/mol. The second kappa shape index (κ2) is 7.96. The predicted octanol–water partition coefficient (Wildman–Crippen LogP) is 0.918. The van der Waals surface area contributed by atoms with Crippen LogP contribution in [0.3, 0.4) is 0 Å². The molecule has 0 fully saturated rings. The van der Waals surface area contributed by atoms with Crippen molar-refractivity contribution in [2.45, 2.75) is 0 Å². The van der Waals surface area contributed by atoms with Crippen molar-refractivity contribution < 1.29 is 32.8 Å². The van der Waals surface area contributed by atoms with Gasteiger partial charge in [-0.1, -0.05) is 0 Å². The fourth-order valence-electron chi connectivity index (χ4n) is 0.0873. The Labute approximate surface area is 68.0 Å². The number of halogens is 1. The molecule has 0 amide bonds. The third-order valence-electron chi connectivity index (χ3n) is 0.485. The average molecular weight is 244 g/mol. The van der Waals surface area contributed by atoms with Gasteiger partial charge < -0.3 is 9.84 Å². The number of hydrogen-bond acceptors (Lipinski definition) is 2. The summed E-state index contributed by atoms with van der Waals surface area (Å²) in [5.74, 6) is -1.36. The molecule has 0 aromatic heterocycles. The molecule has 0 aromatic carbocycles. The van der Waals surface area contributed by atoms with Crippen LogP contribution in [-0.2, 0) is 27.7 Å². The quantitative estimate of drug-likeness (QED) is 0.446. The summed E-state index contributed by atoms with van der Waals surface area (Å²) in [7, 11) is 5.75. The summed E-state index contributed by atoms with van der Waals surface area (Å²) in [6, 6.07) is 0. The number of rotatable bonds is 2. The molecule has 57 valence electrons. The van der Waals surface area contributed by atoms with Gasteiger partial charge in [0.05, 0.1) is 7.11 Å². The molecule has 0 unspecified atom stereocenters. The Hall–Kier alpha value is -0.0377. The molecule has 0 saturated heterocycles. The Kier molecular flexibility index (Phi) is 10.4. The van der Waals surface area contributed by atoms with Crippen LogP contribution in [0.4, 0.5) is 0 Å². The zero-order valence-corrected chi connectivity index (χ0v) is 6.98. The zero-order chi connectivity index (χ0) is 7.86. The Morgan fingerprint density at radius 3 is 2.11 bits per heavy atom. The molecule has 3 nitrogen and oxygen atoms in total. The van der Waals surface area contributed by atoms with Gasteiger partial charge in [-0.3, -0.25) is 0 Å². The Morgan fingerprint density at radius 2 is 2.11 bits per heavy atom. The minimum atomic E-state index is -1.12. The molecule has 0 aliphatic heterocycles. The van der Waals surface area contributed by atoms with Crippen LogP contribution in [0, 0.1) is 0 Å². The van der Waals surface area contributed by atoms with Gasteiger partial charge in [0, 0.05) is 0 Å². The Morgan fingerprint density at radius 1 is 1.78 bits per heavy atom. The number of carbonyl (C=O) groups is 1. The van der Waals surface area contributed by atoms with E-state index < -0.39 is 5.97 Å². The number of aliphatic carboxylic acids is 1. The van der Waals surface area contributed by atoms with Gasteiger partial charge >= 0.3 is 33.7 Å². The van der Waals surface area contributed by atoms with Gasteiger partial charge in [-0.2, -0.15) is 0 Å². The molecule has 0 rings (SSSR count). The summed E-state index contributed by atoms with van der Waals surface area (Å²) in [5.41, 5.74) is 0. The van der Waals surface area contributed by atoms with Crippen molar-refractivity contribution in [2.75, 3.05) is 7.11 Å².